The number of piperidine rings is 1. The van der Waals surface area contributed by atoms with Gasteiger partial charge >= 0.3 is 6.09 Å². The third-order valence-electron chi connectivity index (χ3n) is 5.18. The van der Waals surface area contributed by atoms with E-state index in [1.807, 2.05) is 23.1 Å². The van der Waals surface area contributed by atoms with Crippen LogP contribution in [-0.4, -0.2) is 23.1 Å². The Bertz CT molecular complexity index is 513. The number of benzene rings is 1. The van der Waals surface area contributed by atoms with Crippen LogP contribution in [0.5, 0.6) is 0 Å². The van der Waals surface area contributed by atoms with Crippen LogP contribution in [0.4, 0.5) is 4.79 Å². The summed E-state index contributed by atoms with van der Waals surface area (Å²) in [6, 6.07) is 10.3. The number of hydrogen-bond donors (Lipinski definition) is 0. The van der Waals surface area contributed by atoms with Crippen molar-refractivity contribution >= 4 is 6.09 Å². The van der Waals surface area contributed by atoms with Gasteiger partial charge in [-0.1, -0.05) is 44.2 Å². The molecule has 2 aliphatic heterocycles. The van der Waals surface area contributed by atoms with E-state index in [9.17, 15) is 4.79 Å². The minimum atomic E-state index is -0.536. The summed E-state index contributed by atoms with van der Waals surface area (Å²) >= 11 is 0. The molecule has 2 fully saturated rings. The van der Waals surface area contributed by atoms with Crippen molar-refractivity contribution in [1.82, 2.24) is 4.90 Å². The quantitative estimate of drug-likeness (QED) is 0.817. The predicted molar refractivity (Wildman–Crippen MR) is 78.4 cm³/mol. The van der Waals surface area contributed by atoms with Crippen LogP contribution >= 0.6 is 0 Å². The molecule has 0 aliphatic carbocycles. The number of rotatable bonds is 2. The van der Waals surface area contributed by atoms with Crippen molar-refractivity contribution in [2.45, 2.75) is 51.2 Å². The van der Waals surface area contributed by atoms with E-state index in [0.29, 0.717) is 0 Å². The molecule has 20 heavy (non-hydrogen) atoms. The molecule has 1 amide bonds. The summed E-state index contributed by atoms with van der Waals surface area (Å²) < 4.78 is 6.03. The molecule has 2 atom stereocenters. The molecule has 0 N–H and O–H groups in total. The van der Waals surface area contributed by atoms with E-state index in [1.165, 1.54) is 0 Å². The van der Waals surface area contributed by atoms with Crippen LogP contribution in [0, 0.1) is 5.92 Å². The Balaban J connectivity index is 2.18. The molecule has 0 radical (unpaired) electrons. The van der Waals surface area contributed by atoms with Gasteiger partial charge in [0.25, 0.3) is 0 Å². The standard InChI is InChI=1S/C17H23NO2/c1-13(2)17(14-9-5-4-6-10-14)16(3)11-7-8-12-18(16)15(19)20-17/h4-6,9-10,13H,7-8,11-12H2,1-3H3/t16?,17-/m1/s1. The van der Waals surface area contributed by atoms with Crippen LogP contribution in [0.15, 0.2) is 30.3 Å². The number of amides is 1. The highest BCUT2D eigenvalue weighted by molar-refractivity contribution is 5.73. The molecule has 0 saturated carbocycles. The fraction of sp³-hybridized carbons (Fsp3) is 0.588. The number of fused-ring (bicyclic) bond motifs is 1. The summed E-state index contributed by atoms with van der Waals surface area (Å²) in [7, 11) is 0. The van der Waals surface area contributed by atoms with Crippen molar-refractivity contribution in [2.75, 3.05) is 6.54 Å². The van der Waals surface area contributed by atoms with E-state index in [4.69, 9.17) is 4.74 Å². The van der Waals surface area contributed by atoms with Gasteiger partial charge in [0, 0.05) is 6.54 Å². The lowest BCUT2D eigenvalue weighted by Gasteiger charge is -2.48. The molecule has 2 heterocycles. The van der Waals surface area contributed by atoms with E-state index < -0.39 is 5.60 Å². The molecule has 3 nitrogen and oxygen atoms in total. The Hall–Kier alpha value is -1.51. The van der Waals surface area contributed by atoms with Gasteiger partial charge in [0.15, 0.2) is 5.60 Å². The summed E-state index contributed by atoms with van der Waals surface area (Å²) in [6.45, 7) is 7.33. The molecule has 0 aromatic heterocycles. The van der Waals surface area contributed by atoms with Crippen LogP contribution in [0.1, 0.15) is 45.6 Å². The Morgan fingerprint density at radius 1 is 1.20 bits per heavy atom. The van der Waals surface area contributed by atoms with E-state index >= 15 is 0 Å². The molecule has 1 unspecified atom stereocenters. The number of hydrogen-bond acceptors (Lipinski definition) is 2. The minimum absolute atomic E-state index is 0.148. The lowest BCUT2D eigenvalue weighted by Crippen LogP contribution is -2.58. The molecule has 2 saturated heterocycles. The van der Waals surface area contributed by atoms with Gasteiger partial charge in [-0.2, -0.15) is 0 Å². The van der Waals surface area contributed by atoms with E-state index in [1.54, 1.807) is 0 Å². The first-order valence-corrected chi connectivity index (χ1v) is 7.58. The average molecular weight is 273 g/mol. The van der Waals surface area contributed by atoms with Gasteiger partial charge < -0.3 is 4.74 Å². The fourth-order valence-electron chi connectivity index (χ4n) is 4.23. The zero-order valence-corrected chi connectivity index (χ0v) is 12.6. The number of carbonyl (C=O) groups is 1. The van der Waals surface area contributed by atoms with Crippen molar-refractivity contribution in [2.24, 2.45) is 5.92 Å². The topological polar surface area (TPSA) is 29.5 Å². The maximum atomic E-state index is 12.4. The second-order valence-electron chi connectivity index (χ2n) is 6.51. The van der Waals surface area contributed by atoms with Crippen LogP contribution in [0.3, 0.4) is 0 Å². The molecule has 108 valence electrons. The predicted octanol–water partition coefficient (Wildman–Crippen LogP) is 3.93. The van der Waals surface area contributed by atoms with Crippen LogP contribution in [0.2, 0.25) is 0 Å². The lowest BCUT2D eigenvalue weighted by molar-refractivity contribution is -0.0635. The number of cyclic esters (lactones) is 1. The van der Waals surface area contributed by atoms with E-state index in [-0.39, 0.29) is 17.6 Å². The van der Waals surface area contributed by atoms with Gasteiger partial charge in [0.1, 0.15) is 0 Å². The maximum Gasteiger partial charge on any atom is 0.411 e. The monoisotopic (exact) mass is 273 g/mol. The number of carbonyl (C=O) groups excluding carboxylic acids is 1. The van der Waals surface area contributed by atoms with Crippen molar-refractivity contribution in [3.8, 4) is 0 Å². The lowest BCUT2D eigenvalue weighted by atomic mass is 9.66. The molecule has 0 spiro atoms. The summed E-state index contributed by atoms with van der Waals surface area (Å²) in [6.07, 6.45) is 3.09. The Morgan fingerprint density at radius 3 is 2.55 bits per heavy atom. The highest BCUT2D eigenvalue weighted by Crippen LogP contribution is 2.54. The molecular formula is C17H23NO2. The van der Waals surface area contributed by atoms with Gasteiger partial charge in [0.2, 0.25) is 0 Å². The minimum Gasteiger partial charge on any atom is -0.435 e. The Labute approximate surface area is 120 Å². The first-order valence-electron chi connectivity index (χ1n) is 7.58. The SMILES string of the molecule is CC(C)[C@]1(c2ccccc2)OC(=O)N2CCCCC21C. The normalized spacial score (nSPS) is 33.2. The zero-order valence-electron chi connectivity index (χ0n) is 12.6. The summed E-state index contributed by atoms with van der Waals surface area (Å²) in [5, 5.41) is 0. The van der Waals surface area contributed by atoms with Gasteiger partial charge in [-0.25, -0.2) is 4.79 Å². The molecule has 1 aromatic carbocycles. The van der Waals surface area contributed by atoms with Gasteiger partial charge in [0.05, 0.1) is 5.54 Å². The third-order valence-corrected chi connectivity index (χ3v) is 5.18. The zero-order chi connectivity index (χ0) is 14.4. The fourth-order valence-corrected chi connectivity index (χ4v) is 4.23. The van der Waals surface area contributed by atoms with Crippen LogP contribution < -0.4 is 0 Å². The molecule has 0 bridgehead atoms. The average Bonchev–Trinajstić information content (AvgIpc) is 2.69. The van der Waals surface area contributed by atoms with Crippen LogP contribution in [-0.2, 0) is 10.3 Å². The second kappa shape index (κ2) is 4.51. The van der Waals surface area contributed by atoms with E-state index in [2.05, 4.69) is 32.9 Å². The first kappa shape index (κ1) is 13.5. The van der Waals surface area contributed by atoms with Gasteiger partial charge in [-0.05, 0) is 37.7 Å². The molecule has 2 aliphatic rings. The number of ether oxygens (including phenoxy) is 1. The Morgan fingerprint density at radius 2 is 1.90 bits per heavy atom. The molecular weight excluding hydrogens is 250 g/mol. The van der Waals surface area contributed by atoms with Crippen molar-refractivity contribution in [1.29, 1.82) is 0 Å². The summed E-state index contributed by atoms with van der Waals surface area (Å²) in [5.74, 6) is 0.238. The third kappa shape index (κ3) is 1.55. The van der Waals surface area contributed by atoms with E-state index in [0.717, 1.165) is 31.4 Å². The highest BCUT2D eigenvalue weighted by Gasteiger charge is 2.64. The number of nitrogens with zero attached hydrogens (tertiary/aromatic N) is 1. The summed E-state index contributed by atoms with van der Waals surface area (Å²) in [5.41, 5.74) is 0.346. The van der Waals surface area contributed by atoms with Crippen LogP contribution in [0.25, 0.3) is 0 Å². The molecule has 3 rings (SSSR count). The second-order valence-corrected chi connectivity index (χ2v) is 6.51. The summed E-state index contributed by atoms with van der Waals surface area (Å²) in [4.78, 5) is 14.4. The molecule has 3 heteroatoms. The smallest absolute Gasteiger partial charge is 0.411 e. The molecule has 1 aromatic rings. The van der Waals surface area contributed by atoms with Crippen molar-refractivity contribution < 1.29 is 9.53 Å². The Kier molecular flexibility index (Phi) is 3.03. The first-order chi connectivity index (χ1) is 9.52. The largest absolute Gasteiger partial charge is 0.435 e. The van der Waals surface area contributed by atoms with Crippen molar-refractivity contribution in [3.05, 3.63) is 35.9 Å². The highest BCUT2D eigenvalue weighted by atomic mass is 16.6. The van der Waals surface area contributed by atoms with Crippen molar-refractivity contribution in [3.63, 3.8) is 0 Å². The maximum absolute atomic E-state index is 12.4. The van der Waals surface area contributed by atoms with Gasteiger partial charge in [-0.15, -0.1) is 0 Å². The van der Waals surface area contributed by atoms with Gasteiger partial charge in [-0.3, -0.25) is 4.90 Å².